The van der Waals surface area contributed by atoms with Gasteiger partial charge in [0.2, 0.25) is 0 Å². The van der Waals surface area contributed by atoms with Gasteiger partial charge in [-0.2, -0.15) is 9.91 Å². The van der Waals surface area contributed by atoms with Crippen molar-refractivity contribution >= 4 is 10.9 Å². The summed E-state index contributed by atoms with van der Waals surface area (Å²) < 4.78 is 5.25. The van der Waals surface area contributed by atoms with E-state index in [1.54, 1.807) is 24.4 Å². The van der Waals surface area contributed by atoms with Crippen LogP contribution in [-0.2, 0) is 11.3 Å². The number of nitrogens with one attached hydrogen (secondary N) is 1. The lowest BCUT2D eigenvalue weighted by atomic mass is 10.1. The first-order valence-corrected chi connectivity index (χ1v) is 8.45. The Balaban J connectivity index is 1.66. The number of quaternary nitrogens is 1. The van der Waals surface area contributed by atoms with E-state index in [0.717, 1.165) is 16.5 Å². The number of aromatic amines is 1. The monoisotopic (exact) mass is 351 g/mol. The molecule has 3 heterocycles. The third-order valence-corrected chi connectivity index (χ3v) is 4.77. The summed E-state index contributed by atoms with van der Waals surface area (Å²) >= 11 is 0. The standard InChI is InChI=1S/C19H18N4O3/c20-10-13-1-3-16-15(9-13)18(19(24)22-16)17-4-2-14(11-21-17)12-23(25)5-7-26-8-6-23/h1-4,9,11,25H,5-8,12H2,(H-,21,22,24)/p+1. The van der Waals surface area contributed by atoms with Gasteiger partial charge in [0.25, 0.3) is 0 Å². The largest absolute Gasteiger partial charge is 0.494 e. The number of aromatic nitrogens is 2. The highest BCUT2D eigenvalue weighted by molar-refractivity contribution is 5.98. The first-order chi connectivity index (χ1) is 12.6. The Hall–Kier alpha value is -2.92. The molecule has 7 heteroatoms. The maximum atomic E-state index is 10.6. The highest BCUT2D eigenvalue weighted by atomic mass is 16.6. The van der Waals surface area contributed by atoms with E-state index in [-0.39, 0.29) is 10.5 Å². The average molecular weight is 351 g/mol. The van der Waals surface area contributed by atoms with E-state index in [0.29, 0.717) is 49.7 Å². The number of hydrogen-bond donors (Lipinski definition) is 3. The number of hydrogen-bond acceptors (Lipinski definition) is 5. The van der Waals surface area contributed by atoms with E-state index in [9.17, 15) is 10.3 Å². The minimum atomic E-state index is -0.0507. The number of pyridine rings is 1. The summed E-state index contributed by atoms with van der Waals surface area (Å²) in [6, 6.07) is 11.0. The lowest BCUT2D eigenvalue weighted by molar-refractivity contribution is -1.12. The summed E-state index contributed by atoms with van der Waals surface area (Å²) in [4.78, 5) is 7.38. The second-order valence-corrected chi connectivity index (χ2v) is 6.59. The number of ether oxygens (including phenoxy) is 1. The van der Waals surface area contributed by atoms with Crippen molar-refractivity contribution in [2.45, 2.75) is 6.54 Å². The van der Waals surface area contributed by atoms with E-state index in [1.807, 2.05) is 12.1 Å². The zero-order valence-corrected chi connectivity index (χ0v) is 14.1. The van der Waals surface area contributed by atoms with Crippen molar-refractivity contribution in [3.05, 3.63) is 47.7 Å². The van der Waals surface area contributed by atoms with Crippen LogP contribution in [0.2, 0.25) is 0 Å². The Morgan fingerprint density at radius 3 is 2.73 bits per heavy atom. The second kappa shape index (κ2) is 6.42. The van der Waals surface area contributed by atoms with Crippen molar-refractivity contribution in [1.29, 1.82) is 5.26 Å². The van der Waals surface area contributed by atoms with Crippen LogP contribution in [0.1, 0.15) is 11.1 Å². The van der Waals surface area contributed by atoms with Crippen LogP contribution in [0.4, 0.5) is 0 Å². The molecule has 1 aliphatic rings. The van der Waals surface area contributed by atoms with Crippen molar-refractivity contribution in [3.8, 4) is 23.2 Å². The van der Waals surface area contributed by atoms with E-state index in [1.165, 1.54) is 0 Å². The Bertz CT molecular complexity index is 982. The van der Waals surface area contributed by atoms with Crippen molar-refractivity contribution in [3.63, 3.8) is 0 Å². The smallest absolute Gasteiger partial charge is 0.199 e. The number of nitrogens with zero attached hydrogens (tertiary/aromatic N) is 3. The minimum absolute atomic E-state index is 0.0224. The number of nitriles is 1. The molecule has 0 saturated carbocycles. The SMILES string of the molecule is N#Cc1ccc2[nH]c(O)c(-c3ccc(C[N+]4(O)CCOCC4)cn3)c2c1. The van der Waals surface area contributed by atoms with E-state index >= 15 is 0 Å². The normalized spacial score (nSPS) is 16.5. The molecule has 1 aliphatic heterocycles. The molecule has 3 N–H and O–H groups in total. The average Bonchev–Trinajstić information content (AvgIpc) is 2.97. The number of fused-ring (bicyclic) bond motifs is 1. The van der Waals surface area contributed by atoms with Gasteiger partial charge in [-0.25, -0.2) is 5.21 Å². The topological polar surface area (TPSA) is 102 Å². The van der Waals surface area contributed by atoms with Gasteiger partial charge in [0.1, 0.15) is 19.6 Å². The summed E-state index contributed by atoms with van der Waals surface area (Å²) in [6.45, 7) is 2.68. The van der Waals surface area contributed by atoms with Gasteiger partial charge in [-0.15, -0.1) is 0 Å². The Morgan fingerprint density at radius 2 is 2.04 bits per heavy atom. The molecular formula is C19H19N4O3+. The Labute approximate surface area is 150 Å². The van der Waals surface area contributed by atoms with Gasteiger partial charge in [0, 0.05) is 22.7 Å². The predicted octanol–water partition coefficient (Wildman–Crippen LogP) is 2.54. The summed E-state index contributed by atoms with van der Waals surface area (Å²) in [7, 11) is 0. The zero-order chi connectivity index (χ0) is 18.1. The second-order valence-electron chi connectivity index (χ2n) is 6.59. The van der Waals surface area contributed by atoms with Crippen LogP contribution in [-0.4, -0.2) is 51.2 Å². The molecule has 1 saturated heterocycles. The predicted molar refractivity (Wildman–Crippen MR) is 94.2 cm³/mol. The summed E-state index contributed by atoms with van der Waals surface area (Å²) in [5, 5.41) is 30.7. The van der Waals surface area contributed by atoms with Crippen LogP contribution in [0.15, 0.2) is 36.5 Å². The third kappa shape index (κ3) is 3.02. The quantitative estimate of drug-likeness (QED) is 0.629. The lowest BCUT2D eigenvalue weighted by Crippen LogP contribution is -2.51. The first kappa shape index (κ1) is 16.5. The summed E-state index contributed by atoms with van der Waals surface area (Å²) in [5.74, 6) is 0.0224. The van der Waals surface area contributed by atoms with Crippen LogP contribution >= 0.6 is 0 Å². The highest BCUT2D eigenvalue weighted by Crippen LogP contribution is 2.36. The van der Waals surface area contributed by atoms with Gasteiger partial charge < -0.3 is 14.8 Å². The van der Waals surface area contributed by atoms with Crippen LogP contribution in [0, 0.1) is 11.3 Å². The zero-order valence-electron chi connectivity index (χ0n) is 14.1. The molecule has 1 fully saturated rings. The maximum absolute atomic E-state index is 10.6. The molecule has 0 radical (unpaired) electrons. The van der Waals surface area contributed by atoms with Crippen molar-refractivity contribution in [1.82, 2.24) is 9.97 Å². The highest BCUT2D eigenvalue weighted by Gasteiger charge is 2.29. The number of hydroxylamine groups is 3. The molecule has 3 aromatic rings. The molecule has 2 aromatic heterocycles. The molecule has 1 aromatic carbocycles. The van der Waals surface area contributed by atoms with Crippen LogP contribution in [0.25, 0.3) is 22.2 Å². The Kier molecular flexibility index (Phi) is 4.09. The van der Waals surface area contributed by atoms with Gasteiger partial charge in [0.05, 0.1) is 36.1 Å². The summed E-state index contributed by atoms with van der Waals surface area (Å²) in [6.07, 6.45) is 1.72. The van der Waals surface area contributed by atoms with Gasteiger partial charge in [-0.05, 0) is 30.3 Å². The fourth-order valence-electron chi connectivity index (χ4n) is 3.35. The molecule has 0 amide bonds. The van der Waals surface area contributed by atoms with E-state index < -0.39 is 0 Å². The third-order valence-electron chi connectivity index (χ3n) is 4.77. The maximum Gasteiger partial charge on any atom is 0.199 e. The molecule has 0 atom stereocenters. The lowest BCUT2D eigenvalue weighted by Gasteiger charge is -2.33. The van der Waals surface area contributed by atoms with Gasteiger partial charge in [-0.3, -0.25) is 4.98 Å². The summed E-state index contributed by atoms with van der Waals surface area (Å²) in [5.41, 5.74) is 3.36. The van der Waals surface area contributed by atoms with Gasteiger partial charge in [0.15, 0.2) is 5.88 Å². The van der Waals surface area contributed by atoms with E-state index in [4.69, 9.17) is 10.00 Å². The van der Waals surface area contributed by atoms with Crippen molar-refractivity contribution in [2.24, 2.45) is 0 Å². The van der Waals surface area contributed by atoms with Gasteiger partial charge >= 0.3 is 0 Å². The van der Waals surface area contributed by atoms with Crippen LogP contribution < -0.4 is 0 Å². The number of aromatic hydroxyl groups is 1. The number of H-pyrrole nitrogens is 1. The molecule has 0 bridgehead atoms. The molecular weight excluding hydrogens is 332 g/mol. The van der Waals surface area contributed by atoms with Crippen LogP contribution in [0.3, 0.4) is 0 Å². The van der Waals surface area contributed by atoms with Gasteiger partial charge in [-0.1, -0.05) is 0 Å². The molecule has 4 rings (SSSR count). The molecule has 0 aliphatic carbocycles. The fourth-order valence-corrected chi connectivity index (χ4v) is 3.35. The molecule has 0 spiro atoms. The Morgan fingerprint density at radius 1 is 1.23 bits per heavy atom. The van der Waals surface area contributed by atoms with Crippen molar-refractivity contribution < 1.29 is 19.7 Å². The van der Waals surface area contributed by atoms with Crippen LogP contribution in [0.5, 0.6) is 5.88 Å². The molecule has 0 unspecified atom stereocenters. The number of rotatable bonds is 3. The van der Waals surface area contributed by atoms with Crippen molar-refractivity contribution in [2.75, 3.05) is 26.3 Å². The fraction of sp³-hybridized carbons (Fsp3) is 0.263. The van der Waals surface area contributed by atoms with E-state index in [2.05, 4.69) is 16.0 Å². The molecule has 26 heavy (non-hydrogen) atoms. The molecule has 7 nitrogen and oxygen atoms in total. The number of morpholine rings is 1. The minimum Gasteiger partial charge on any atom is -0.494 e. The first-order valence-electron chi connectivity index (χ1n) is 8.45. The number of benzene rings is 1. The molecule has 132 valence electrons.